The highest BCUT2D eigenvalue weighted by molar-refractivity contribution is 5.97. The van der Waals surface area contributed by atoms with Crippen molar-refractivity contribution in [2.45, 2.75) is 57.4 Å². The highest BCUT2D eigenvalue weighted by atomic mass is 16.2. The van der Waals surface area contributed by atoms with Crippen molar-refractivity contribution in [3.05, 3.63) is 35.4 Å². The highest BCUT2D eigenvalue weighted by Gasteiger charge is 2.45. The summed E-state index contributed by atoms with van der Waals surface area (Å²) in [5, 5.41) is 2.86. The minimum absolute atomic E-state index is 0.0495. The molecule has 1 unspecified atom stereocenters. The molecule has 1 spiro atoms. The summed E-state index contributed by atoms with van der Waals surface area (Å²) in [4.78, 5) is 26.9. The van der Waals surface area contributed by atoms with Gasteiger partial charge in [-0.25, -0.2) is 0 Å². The molecule has 0 aromatic heterocycles. The smallest absolute Gasteiger partial charge is 0.251 e. The Morgan fingerprint density at radius 2 is 1.71 bits per heavy atom. The minimum atomic E-state index is -0.464. The summed E-state index contributed by atoms with van der Waals surface area (Å²) >= 11 is 0. The fourth-order valence-electron chi connectivity index (χ4n) is 3.82. The Morgan fingerprint density at radius 1 is 1.08 bits per heavy atom. The Kier molecular flexibility index (Phi) is 3.86. The topological polar surface area (TPSA) is 49.4 Å². The van der Waals surface area contributed by atoms with Crippen LogP contribution >= 0.6 is 0 Å². The van der Waals surface area contributed by atoms with Gasteiger partial charge < -0.3 is 10.2 Å². The summed E-state index contributed by atoms with van der Waals surface area (Å²) < 4.78 is 0. The molecule has 1 aliphatic heterocycles. The van der Waals surface area contributed by atoms with E-state index in [-0.39, 0.29) is 11.8 Å². The minimum Gasteiger partial charge on any atom is -0.341 e. The van der Waals surface area contributed by atoms with Crippen molar-refractivity contribution in [1.29, 1.82) is 0 Å². The zero-order valence-corrected chi connectivity index (χ0v) is 14.4. The molecule has 1 atom stereocenters. The van der Waals surface area contributed by atoms with Gasteiger partial charge in [-0.15, -0.1) is 0 Å². The lowest BCUT2D eigenvalue weighted by Gasteiger charge is -2.33. The number of benzene rings is 1. The van der Waals surface area contributed by atoms with E-state index in [0.717, 1.165) is 25.9 Å². The molecule has 128 valence electrons. The first-order chi connectivity index (χ1) is 11.6. The first kappa shape index (κ1) is 15.7. The van der Waals surface area contributed by atoms with Crippen LogP contribution in [0.25, 0.3) is 0 Å². The van der Waals surface area contributed by atoms with E-state index in [1.54, 1.807) is 6.92 Å². The molecule has 0 radical (unpaired) electrons. The number of nitrogens with zero attached hydrogens (tertiary/aromatic N) is 1. The quantitative estimate of drug-likeness (QED) is 0.924. The monoisotopic (exact) mass is 326 g/mol. The van der Waals surface area contributed by atoms with E-state index in [1.165, 1.54) is 31.2 Å². The Morgan fingerprint density at radius 3 is 2.25 bits per heavy atom. The predicted octanol–water partition coefficient (Wildman–Crippen LogP) is 3.08. The second-order valence-corrected chi connectivity index (χ2v) is 7.92. The van der Waals surface area contributed by atoms with Crippen molar-refractivity contribution in [3.63, 3.8) is 0 Å². The van der Waals surface area contributed by atoms with Gasteiger partial charge in [0.2, 0.25) is 5.91 Å². The summed E-state index contributed by atoms with van der Waals surface area (Å²) in [6.45, 7) is 3.48. The normalized spacial score (nSPS) is 23.0. The molecule has 3 aliphatic rings. The Hall–Kier alpha value is -1.84. The molecule has 3 fully saturated rings. The van der Waals surface area contributed by atoms with Crippen LogP contribution in [0.15, 0.2) is 24.3 Å². The molecular weight excluding hydrogens is 300 g/mol. The Balaban J connectivity index is 1.31. The first-order valence-corrected chi connectivity index (χ1v) is 9.26. The fraction of sp³-hybridized carbons (Fsp3) is 0.600. The third kappa shape index (κ3) is 3.19. The molecule has 1 aromatic rings. The molecule has 1 N–H and O–H groups in total. The van der Waals surface area contributed by atoms with E-state index in [4.69, 9.17) is 0 Å². The van der Waals surface area contributed by atoms with Crippen molar-refractivity contribution < 1.29 is 9.59 Å². The third-order valence-corrected chi connectivity index (χ3v) is 6.03. The van der Waals surface area contributed by atoms with Gasteiger partial charge in [0, 0.05) is 18.7 Å². The summed E-state index contributed by atoms with van der Waals surface area (Å²) in [6, 6.07) is 7.36. The number of amides is 2. The lowest BCUT2D eigenvalue weighted by atomic mass is 9.93. The maximum absolute atomic E-state index is 12.6. The number of likely N-dealkylation sites (tertiary alicyclic amines) is 1. The molecule has 2 saturated carbocycles. The maximum Gasteiger partial charge on any atom is 0.251 e. The zero-order valence-electron chi connectivity index (χ0n) is 14.4. The SMILES string of the molecule is CC(NC(=O)c1ccc(C2CC2)cc1)C(=O)N1CCC2(CC1)CC2. The average molecular weight is 326 g/mol. The van der Waals surface area contributed by atoms with E-state index in [0.29, 0.717) is 16.9 Å². The van der Waals surface area contributed by atoms with E-state index in [2.05, 4.69) is 5.32 Å². The number of piperidine rings is 1. The number of carbonyl (C=O) groups excluding carboxylic acids is 2. The number of hydrogen-bond acceptors (Lipinski definition) is 2. The van der Waals surface area contributed by atoms with Gasteiger partial charge in [-0.2, -0.15) is 0 Å². The average Bonchev–Trinajstić information content (AvgIpc) is 3.51. The van der Waals surface area contributed by atoms with Crippen molar-refractivity contribution in [2.75, 3.05) is 13.1 Å². The van der Waals surface area contributed by atoms with Crippen LogP contribution in [0, 0.1) is 5.41 Å². The summed E-state index contributed by atoms with van der Waals surface area (Å²) in [5.41, 5.74) is 2.51. The van der Waals surface area contributed by atoms with Gasteiger partial charge in [0.1, 0.15) is 6.04 Å². The van der Waals surface area contributed by atoms with Crippen LogP contribution in [0.5, 0.6) is 0 Å². The van der Waals surface area contributed by atoms with Gasteiger partial charge >= 0.3 is 0 Å². The van der Waals surface area contributed by atoms with E-state index in [1.807, 2.05) is 29.2 Å². The lowest BCUT2D eigenvalue weighted by molar-refractivity contribution is -0.134. The molecule has 1 heterocycles. The molecule has 24 heavy (non-hydrogen) atoms. The molecule has 2 amide bonds. The van der Waals surface area contributed by atoms with Crippen LogP contribution < -0.4 is 5.32 Å². The maximum atomic E-state index is 12.6. The van der Waals surface area contributed by atoms with Crippen LogP contribution in [0.1, 0.15) is 67.3 Å². The second kappa shape index (κ2) is 5.91. The molecule has 4 heteroatoms. The van der Waals surface area contributed by atoms with Gasteiger partial charge in [0.25, 0.3) is 5.91 Å². The second-order valence-electron chi connectivity index (χ2n) is 7.92. The standard InChI is InChI=1S/C20H26N2O2/c1-14(19(24)22-12-10-20(8-9-20)11-13-22)21-18(23)17-6-4-16(5-7-17)15-2-3-15/h4-7,14-15H,2-3,8-13H2,1H3,(H,21,23). The van der Waals surface area contributed by atoms with Gasteiger partial charge in [-0.05, 0) is 74.5 Å². The molecule has 4 nitrogen and oxygen atoms in total. The van der Waals surface area contributed by atoms with Crippen LogP contribution in [-0.2, 0) is 4.79 Å². The van der Waals surface area contributed by atoms with Crippen LogP contribution in [0.4, 0.5) is 0 Å². The number of rotatable bonds is 4. The predicted molar refractivity (Wildman–Crippen MR) is 92.8 cm³/mol. The number of nitrogens with one attached hydrogen (secondary N) is 1. The number of carbonyl (C=O) groups is 2. The number of hydrogen-bond donors (Lipinski definition) is 1. The third-order valence-electron chi connectivity index (χ3n) is 6.03. The van der Waals surface area contributed by atoms with E-state index >= 15 is 0 Å². The summed E-state index contributed by atoms with van der Waals surface area (Å²) in [6.07, 6.45) is 7.43. The van der Waals surface area contributed by atoms with E-state index < -0.39 is 6.04 Å². The van der Waals surface area contributed by atoms with Crippen molar-refractivity contribution >= 4 is 11.8 Å². The summed E-state index contributed by atoms with van der Waals surface area (Å²) in [7, 11) is 0. The summed E-state index contributed by atoms with van der Waals surface area (Å²) in [5.74, 6) is 0.582. The first-order valence-electron chi connectivity index (χ1n) is 9.26. The molecule has 1 saturated heterocycles. The highest BCUT2D eigenvalue weighted by Crippen LogP contribution is 2.53. The van der Waals surface area contributed by atoms with Gasteiger partial charge in [0.15, 0.2) is 0 Å². The van der Waals surface area contributed by atoms with Crippen molar-refractivity contribution in [3.8, 4) is 0 Å². The van der Waals surface area contributed by atoms with Gasteiger partial charge in [-0.3, -0.25) is 9.59 Å². The van der Waals surface area contributed by atoms with Gasteiger partial charge in [0.05, 0.1) is 0 Å². The molecule has 1 aromatic carbocycles. The van der Waals surface area contributed by atoms with E-state index in [9.17, 15) is 9.59 Å². The van der Waals surface area contributed by atoms with Crippen molar-refractivity contribution in [1.82, 2.24) is 10.2 Å². The van der Waals surface area contributed by atoms with Gasteiger partial charge in [-0.1, -0.05) is 12.1 Å². The molecule has 0 bridgehead atoms. The lowest BCUT2D eigenvalue weighted by Crippen LogP contribution is -2.49. The largest absolute Gasteiger partial charge is 0.341 e. The Labute approximate surface area is 143 Å². The fourth-order valence-corrected chi connectivity index (χ4v) is 3.82. The van der Waals surface area contributed by atoms with Crippen molar-refractivity contribution in [2.24, 2.45) is 5.41 Å². The molecule has 2 aliphatic carbocycles. The Bertz CT molecular complexity index is 634. The van der Waals surface area contributed by atoms with Crippen LogP contribution in [-0.4, -0.2) is 35.8 Å². The molecule has 4 rings (SSSR count). The zero-order chi connectivity index (χ0) is 16.7. The molecular formula is C20H26N2O2. The van der Waals surface area contributed by atoms with Crippen LogP contribution in [0.3, 0.4) is 0 Å². The van der Waals surface area contributed by atoms with Crippen LogP contribution in [0.2, 0.25) is 0 Å².